The number of nitrogen functional groups attached to an aromatic ring is 1. The highest BCUT2D eigenvalue weighted by atomic mass is 32.2. The summed E-state index contributed by atoms with van der Waals surface area (Å²) in [5.74, 6) is 4.83. The van der Waals surface area contributed by atoms with Crippen molar-refractivity contribution in [2.45, 2.75) is 37.9 Å². The van der Waals surface area contributed by atoms with Crippen LogP contribution in [0.2, 0.25) is 0 Å². The van der Waals surface area contributed by atoms with Crippen molar-refractivity contribution in [1.29, 1.82) is 0 Å². The van der Waals surface area contributed by atoms with E-state index in [0.29, 0.717) is 0 Å². The molecule has 0 aromatic carbocycles. The number of carbonyl (C=O) groups is 1. The van der Waals surface area contributed by atoms with Gasteiger partial charge in [-0.15, -0.1) is 0 Å². The number of aromatic nitrogens is 1. The van der Waals surface area contributed by atoms with E-state index in [0.717, 1.165) is 0 Å². The Bertz CT molecular complexity index is 573. The van der Waals surface area contributed by atoms with Crippen LogP contribution >= 0.6 is 0 Å². The summed E-state index contributed by atoms with van der Waals surface area (Å²) < 4.78 is 26.6. The van der Waals surface area contributed by atoms with Gasteiger partial charge in [-0.2, -0.15) is 4.72 Å². The molecule has 0 radical (unpaired) electrons. The summed E-state index contributed by atoms with van der Waals surface area (Å²) in [6.07, 6.45) is 1.33. The maximum Gasteiger partial charge on any atom is 0.260 e. The van der Waals surface area contributed by atoms with Crippen molar-refractivity contribution in [2.75, 3.05) is 5.43 Å². The van der Waals surface area contributed by atoms with E-state index in [-0.39, 0.29) is 16.8 Å². The van der Waals surface area contributed by atoms with Crippen molar-refractivity contribution in [3.63, 3.8) is 0 Å². The number of nitrogens with zero attached hydrogens (tertiary/aromatic N) is 1. The lowest BCUT2D eigenvalue weighted by Gasteiger charge is -2.16. The largest absolute Gasteiger partial charge is 0.353 e. The molecule has 112 valence electrons. The molecule has 1 aromatic heterocycles. The van der Waals surface area contributed by atoms with Crippen LogP contribution in [0.15, 0.2) is 23.4 Å². The molecule has 1 heterocycles. The van der Waals surface area contributed by atoms with Crippen molar-refractivity contribution in [2.24, 2.45) is 5.84 Å². The Labute approximate surface area is 118 Å². The minimum atomic E-state index is -3.95. The van der Waals surface area contributed by atoms with E-state index in [1.54, 1.807) is 19.9 Å². The van der Waals surface area contributed by atoms with Crippen LogP contribution in [0, 0.1) is 0 Å². The number of hydrogen-bond acceptors (Lipinski definition) is 6. The minimum absolute atomic E-state index is 0.0782. The zero-order valence-electron chi connectivity index (χ0n) is 11.5. The molecule has 0 aliphatic rings. The Balaban J connectivity index is 2.92. The van der Waals surface area contributed by atoms with Crippen LogP contribution in [-0.4, -0.2) is 31.4 Å². The number of carbonyl (C=O) groups excluding carboxylic acids is 1. The van der Waals surface area contributed by atoms with E-state index < -0.39 is 22.0 Å². The van der Waals surface area contributed by atoms with E-state index in [9.17, 15) is 13.2 Å². The molecular weight excluding hydrogens is 282 g/mol. The summed E-state index contributed by atoms with van der Waals surface area (Å²) in [4.78, 5) is 15.5. The third-order valence-electron chi connectivity index (χ3n) is 2.34. The number of amides is 1. The number of nitrogens with one attached hydrogen (secondary N) is 3. The number of anilines is 1. The highest BCUT2D eigenvalue weighted by Crippen LogP contribution is 2.16. The van der Waals surface area contributed by atoms with Crippen LogP contribution in [0.5, 0.6) is 0 Å². The average Bonchev–Trinajstić information content (AvgIpc) is 2.37. The number of nitrogens with two attached hydrogens (primary N) is 1. The number of hydrogen-bond donors (Lipinski definition) is 4. The highest BCUT2D eigenvalue weighted by Gasteiger charge is 2.25. The van der Waals surface area contributed by atoms with Crippen LogP contribution in [0.25, 0.3) is 0 Å². The maximum absolute atomic E-state index is 12.2. The van der Waals surface area contributed by atoms with Gasteiger partial charge in [0, 0.05) is 12.2 Å². The number of pyridine rings is 1. The maximum atomic E-state index is 12.2. The van der Waals surface area contributed by atoms with Crippen LogP contribution in [0.4, 0.5) is 5.69 Å². The number of hydrazine groups is 1. The summed E-state index contributed by atoms with van der Waals surface area (Å²) >= 11 is 0. The van der Waals surface area contributed by atoms with Crippen molar-refractivity contribution in [3.05, 3.63) is 18.3 Å². The van der Waals surface area contributed by atoms with E-state index in [1.165, 1.54) is 19.2 Å². The third-order valence-corrected chi connectivity index (χ3v) is 3.84. The van der Waals surface area contributed by atoms with Crippen molar-refractivity contribution >= 4 is 21.6 Å². The minimum Gasteiger partial charge on any atom is -0.353 e. The Morgan fingerprint density at radius 2 is 2.00 bits per heavy atom. The second-order valence-electron chi connectivity index (χ2n) is 4.51. The molecule has 0 spiro atoms. The van der Waals surface area contributed by atoms with Gasteiger partial charge in [-0.25, -0.2) is 13.4 Å². The van der Waals surface area contributed by atoms with Gasteiger partial charge in [-0.05, 0) is 32.9 Å². The van der Waals surface area contributed by atoms with Gasteiger partial charge in [0.05, 0.1) is 11.7 Å². The molecule has 0 saturated carbocycles. The first-order chi connectivity index (χ1) is 9.27. The highest BCUT2D eigenvalue weighted by molar-refractivity contribution is 7.89. The normalized spacial score (nSPS) is 13.1. The topological polar surface area (TPSA) is 126 Å². The van der Waals surface area contributed by atoms with E-state index in [1.807, 2.05) is 0 Å². The molecule has 8 nitrogen and oxygen atoms in total. The molecule has 1 unspecified atom stereocenters. The van der Waals surface area contributed by atoms with Gasteiger partial charge in [-0.3, -0.25) is 10.6 Å². The van der Waals surface area contributed by atoms with Crippen LogP contribution < -0.4 is 21.3 Å². The van der Waals surface area contributed by atoms with Gasteiger partial charge in [0.15, 0.2) is 5.03 Å². The molecule has 1 amide bonds. The Hall–Kier alpha value is -1.71. The van der Waals surface area contributed by atoms with Gasteiger partial charge in [-0.1, -0.05) is 0 Å². The molecule has 0 fully saturated rings. The fraction of sp³-hybridized carbons (Fsp3) is 0.455. The molecule has 9 heteroatoms. The monoisotopic (exact) mass is 301 g/mol. The summed E-state index contributed by atoms with van der Waals surface area (Å²) in [5, 5.41) is 2.36. The van der Waals surface area contributed by atoms with Crippen molar-refractivity contribution in [3.8, 4) is 0 Å². The smallest absolute Gasteiger partial charge is 0.260 e. The third kappa shape index (κ3) is 4.15. The van der Waals surface area contributed by atoms with Crippen molar-refractivity contribution in [1.82, 2.24) is 15.0 Å². The lowest BCUT2D eigenvalue weighted by molar-refractivity contribution is -0.122. The summed E-state index contributed by atoms with van der Waals surface area (Å²) in [5.41, 5.74) is 2.40. The van der Waals surface area contributed by atoms with Gasteiger partial charge < -0.3 is 10.7 Å². The van der Waals surface area contributed by atoms with E-state index in [4.69, 9.17) is 5.84 Å². The zero-order valence-corrected chi connectivity index (χ0v) is 12.4. The van der Waals surface area contributed by atoms with Gasteiger partial charge in [0.25, 0.3) is 10.0 Å². The number of rotatable bonds is 6. The fourth-order valence-corrected chi connectivity index (χ4v) is 2.77. The van der Waals surface area contributed by atoms with Crippen LogP contribution in [0.1, 0.15) is 20.8 Å². The molecule has 1 rings (SSSR count). The average molecular weight is 301 g/mol. The first-order valence-corrected chi connectivity index (χ1v) is 7.50. The molecule has 0 aliphatic heterocycles. The van der Waals surface area contributed by atoms with Crippen LogP contribution in [0.3, 0.4) is 0 Å². The molecule has 20 heavy (non-hydrogen) atoms. The van der Waals surface area contributed by atoms with Gasteiger partial charge in [0.2, 0.25) is 5.91 Å². The second-order valence-corrected chi connectivity index (χ2v) is 6.14. The first kappa shape index (κ1) is 16.3. The quantitative estimate of drug-likeness (QED) is 0.417. The zero-order chi connectivity index (χ0) is 15.3. The lowest BCUT2D eigenvalue weighted by atomic mass is 10.3. The molecule has 0 bridgehead atoms. The molecular formula is C11H19N5O3S. The van der Waals surface area contributed by atoms with Gasteiger partial charge in [0.1, 0.15) is 0 Å². The molecule has 0 saturated heterocycles. The summed E-state index contributed by atoms with van der Waals surface area (Å²) in [6, 6.07) is 2.02. The summed E-state index contributed by atoms with van der Waals surface area (Å²) in [6.45, 7) is 5.02. The Morgan fingerprint density at radius 3 is 2.55 bits per heavy atom. The first-order valence-electron chi connectivity index (χ1n) is 6.02. The molecule has 5 N–H and O–H groups in total. The number of sulfonamides is 1. The standard InChI is InChI=1S/C11H19N5O3S/c1-7(2)14-10(17)8(3)16-20(18,19)11-9(15-12)5-4-6-13-11/h4-8,15-16H,12H2,1-3H3,(H,14,17). The van der Waals surface area contributed by atoms with E-state index in [2.05, 4.69) is 20.4 Å². The fourth-order valence-electron chi connectivity index (χ4n) is 1.47. The van der Waals surface area contributed by atoms with E-state index >= 15 is 0 Å². The lowest BCUT2D eigenvalue weighted by Crippen LogP contribution is -2.46. The summed E-state index contributed by atoms with van der Waals surface area (Å²) in [7, 11) is -3.95. The molecule has 1 aromatic rings. The Morgan fingerprint density at radius 1 is 1.35 bits per heavy atom. The molecule has 1 atom stereocenters. The predicted molar refractivity (Wildman–Crippen MR) is 75.1 cm³/mol. The van der Waals surface area contributed by atoms with Gasteiger partial charge >= 0.3 is 0 Å². The van der Waals surface area contributed by atoms with Crippen molar-refractivity contribution < 1.29 is 13.2 Å². The Kier molecular flexibility index (Phi) is 5.43. The predicted octanol–water partition coefficient (Wildman–Crippen LogP) is -0.441. The second kappa shape index (κ2) is 6.64. The van der Waals surface area contributed by atoms with Crippen LogP contribution in [-0.2, 0) is 14.8 Å². The SMILES string of the molecule is CC(C)NC(=O)C(C)NS(=O)(=O)c1ncccc1NN. The molecule has 0 aliphatic carbocycles.